The quantitative estimate of drug-likeness (QED) is 0.898. The fourth-order valence-corrected chi connectivity index (χ4v) is 2.60. The van der Waals surface area contributed by atoms with Crippen molar-refractivity contribution in [3.8, 4) is 0 Å². The number of hydrogen-bond acceptors (Lipinski definition) is 3. The molecular formula is C10H14BrNOS. The van der Waals surface area contributed by atoms with Crippen molar-refractivity contribution in [3.63, 3.8) is 0 Å². The standard InChI is InChI=1S/C10H14BrNOS/c1-7(12)2-3-9(13)5-10-4-8(11)6-14-10/h4,6-7H,2-3,5,12H2,1H3. The molecule has 0 spiro atoms. The Hall–Kier alpha value is -0.190. The van der Waals surface area contributed by atoms with Gasteiger partial charge in [0.1, 0.15) is 5.78 Å². The van der Waals surface area contributed by atoms with Crippen LogP contribution in [0.3, 0.4) is 0 Å². The van der Waals surface area contributed by atoms with E-state index in [2.05, 4.69) is 15.9 Å². The van der Waals surface area contributed by atoms with Crippen LogP contribution in [0.5, 0.6) is 0 Å². The summed E-state index contributed by atoms with van der Waals surface area (Å²) < 4.78 is 1.05. The number of ketones is 1. The summed E-state index contributed by atoms with van der Waals surface area (Å²) in [6.07, 6.45) is 1.92. The lowest BCUT2D eigenvalue weighted by Crippen LogP contribution is -2.16. The second-order valence-electron chi connectivity index (χ2n) is 3.46. The topological polar surface area (TPSA) is 43.1 Å². The molecule has 1 heterocycles. The zero-order valence-corrected chi connectivity index (χ0v) is 10.5. The number of Topliss-reactive ketones (excluding diaryl/α,β-unsaturated/α-hetero) is 1. The average Bonchev–Trinajstić information content (AvgIpc) is 2.48. The lowest BCUT2D eigenvalue weighted by atomic mass is 10.1. The molecule has 0 saturated carbocycles. The van der Waals surface area contributed by atoms with Crippen LogP contribution in [0.2, 0.25) is 0 Å². The van der Waals surface area contributed by atoms with Gasteiger partial charge in [0.2, 0.25) is 0 Å². The number of halogens is 1. The van der Waals surface area contributed by atoms with Crippen LogP contribution in [0.15, 0.2) is 15.9 Å². The van der Waals surface area contributed by atoms with Gasteiger partial charge >= 0.3 is 0 Å². The lowest BCUT2D eigenvalue weighted by Gasteiger charge is -2.02. The number of hydrogen-bond donors (Lipinski definition) is 1. The van der Waals surface area contributed by atoms with Crippen LogP contribution in [-0.4, -0.2) is 11.8 Å². The van der Waals surface area contributed by atoms with Gasteiger partial charge < -0.3 is 5.73 Å². The normalized spacial score (nSPS) is 12.8. The van der Waals surface area contributed by atoms with Crippen LogP contribution in [0.4, 0.5) is 0 Å². The minimum atomic E-state index is 0.119. The number of carbonyl (C=O) groups excluding carboxylic acids is 1. The van der Waals surface area contributed by atoms with Crippen molar-refractivity contribution < 1.29 is 4.79 Å². The summed E-state index contributed by atoms with van der Waals surface area (Å²) in [5, 5.41) is 1.99. The maximum absolute atomic E-state index is 11.5. The van der Waals surface area contributed by atoms with Gasteiger partial charge in [0.25, 0.3) is 0 Å². The molecule has 1 aromatic heterocycles. The molecule has 0 fully saturated rings. The second kappa shape index (κ2) is 5.63. The molecule has 0 bridgehead atoms. The molecule has 14 heavy (non-hydrogen) atoms. The van der Waals surface area contributed by atoms with Gasteiger partial charge in [-0.1, -0.05) is 0 Å². The van der Waals surface area contributed by atoms with Gasteiger partial charge in [-0.2, -0.15) is 0 Å². The van der Waals surface area contributed by atoms with E-state index < -0.39 is 0 Å². The first-order valence-corrected chi connectivity index (χ1v) is 6.25. The summed E-state index contributed by atoms with van der Waals surface area (Å²) >= 11 is 4.98. The summed E-state index contributed by atoms with van der Waals surface area (Å²) in [4.78, 5) is 12.6. The molecule has 0 aromatic carbocycles. The first-order chi connectivity index (χ1) is 6.58. The largest absolute Gasteiger partial charge is 0.328 e. The zero-order chi connectivity index (χ0) is 10.6. The lowest BCUT2D eigenvalue weighted by molar-refractivity contribution is -0.118. The monoisotopic (exact) mass is 275 g/mol. The Labute approximate surface area is 96.6 Å². The minimum absolute atomic E-state index is 0.119. The third-order valence-corrected chi connectivity index (χ3v) is 3.57. The molecule has 0 amide bonds. The smallest absolute Gasteiger partial charge is 0.138 e. The molecular weight excluding hydrogens is 262 g/mol. The molecule has 78 valence electrons. The highest BCUT2D eigenvalue weighted by Gasteiger charge is 2.06. The second-order valence-corrected chi connectivity index (χ2v) is 5.37. The van der Waals surface area contributed by atoms with Gasteiger partial charge in [-0.05, 0) is 35.3 Å². The summed E-state index contributed by atoms with van der Waals surface area (Å²) in [6.45, 7) is 1.93. The van der Waals surface area contributed by atoms with Crippen molar-refractivity contribution in [2.75, 3.05) is 0 Å². The van der Waals surface area contributed by atoms with Crippen LogP contribution in [0, 0.1) is 0 Å². The minimum Gasteiger partial charge on any atom is -0.328 e. The Morgan fingerprint density at radius 3 is 2.93 bits per heavy atom. The van der Waals surface area contributed by atoms with Crippen molar-refractivity contribution >= 4 is 33.0 Å². The van der Waals surface area contributed by atoms with Crippen molar-refractivity contribution in [2.24, 2.45) is 5.73 Å². The predicted octanol–water partition coefficient (Wildman–Crippen LogP) is 2.75. The van der Waals surface area contributed by atoms with E-state index in [1.165, 1.54) is 0 Å². The summed E-state index contributed by atoms with van der Waals surface area (Å²) in [5.74, 6) is 0.275. The van der Waals surface area contributed by atoms with Gasteiger partial charge in [-0.3, -0.25) is 4.79 Å². The summed E-state index contributed by atoms with van der Waals surface area (Å²) in [7, 11) is 0. The average molecular weight is 276 g/mol. The Balaban J connectivity index is 2.34. The summed E-state index contributed by atoms with van der Waals surface area (Å²) in [5.41, 5.74) is 5.58. The third-order valence-electron chi connectivity index (χ3n) is 1.87. The Morgan fingerprint density at radius 1 is 1.71 bits per heavy atom. The third kappa shape index (κ3) is 4.35. The van der Waals surface area contributed by atoms with E-state index in [9.17, 15) is 4.79 Å². The molecule has 0 radical (unpaired) electrons. The van der Waals surface area contributed by atoms with E-state index in [1.807, 2.05) is 18.4 Å². The molecule has 0 aliphatic heterocycles. The van der Waals surface area contributed by atoms with E-state index >= 15 is 0 Å². The maximum atomic E-state index is 11.5. The Kier molecular flexibility index (Phi) is 4.78. The SMILES string of the molecule is CC(N)CCC(=O)Cc1cc(Br)cs1. The van der Waals surface area contributed by atoms with E-state index in [0.717, 1.165) is 15.8 Å². The Morgan fingerprint density at radius 2 is 2.43 bits per heavy atom. The zero-order valence-electron chi connectivity index (χ0n) is 8.13. The number of thiophene rings is 1. The molecule has 1 rings (SSSR count). The molecule has 4 heteroatoms. The van der Waals surface area contributed by atoms with Gasteiger partial charge in [0, 0.05) is 33.6 Å². The summed E-state index contributed by atoms with van der Waals surface area (Å²) in [6, 6.07) is 2.11. The van der Waals surface area contributed by atoms with Crippen LogP contribution in [0.25, 0.3) is 0 Å². The number of rotatable bonds is 5. The van der Waals surface area contributed by atoms with Crippen molar-refractivity contribution in [2.45, 2.75) is 32.2 Å². The van der Waals surface area contributed by atoms with Crippen LogP contribution in [0.1, 0.15) is 24.6 Å². The molecule has 1 atom stereocenters. The molecule has 2 N–H and O–H groups in total. The molecule has 0 saturated heterocycles. The first kappa shape index (κ1) is 11.9. The highest BCUT2D eigenvalue weighted by Crippen LogP contribution is 2.20. The fourth-order valence-electron chi connectivity index (χ4n) is 1.12. The number of carbonyl (C=O) groups is 1. The predicted molar refractivity (Wildman–Crippen MR) is 63.6 cm³/mol. The molecule has 0 aliphatic carbocycles. The van der Waals surface area contributed by atoms with Gasteiger partial charge in [-0.25, -0.2) is 0 Å². The van der Waals surface area contributed by atoms with E-state index in [0.29, 0.717) is 12.8 Å². The molecule has 1 aromatic rings. The van der Waals surface area contributed by atoms with Gasteiger partial charge in [0.05, 0.1) is 0 Å². The number of nitrogens with two attached hydrogens (primary N) is 1. The van der Waals surface area contributed by atoms with Crippen LogP contribution >= 0.6 is 27.3 Å². The van der Waals surface area contributed by atoms with Crippen LogP contribution < -0.4 is 5.73 Å². The van der Waals surface area contributed by atoms with Crippen molar-refractivity contribution in [3.05, 3.63) is 20.8 Å². The maximum Gasteiger partial charge on any atom is 0.138 e. The molecule has 2 nitrogen and oxygen atoms in total. The van der Waals surface area contributed by atoms with E-state index in [-0.39, 0.29) is 11.8 Å². The van der Waals surface area contributed by atoms with Crippen molar-refractivity contribution in [1.82, 2.24) is 0 Å². The van der Waals surface area contributed by atoms with Gasteiger partial charge in [-0.15, -0.1) is 11.3 Å². The van der Waals surface area contributed by atoms with E-state index in [1.54, 1.807) is 11.3 Å². The van der Waals surface area contributed by atoms with E-state index in [4.69, 9.17) is 5.73 Å². The van der Waals surface area contributed by atoms with Gasteiger partial charge in [0.15, 0.2) is 0 Å². The first-order valence-electron chi connectivity index (χ1n) is 4.58. The van der Waals surface area contributed by atoms with Crippen LogP contribution in [-0.2, 0) is 11.2 Å². The highest BCUT2D eigenvalue weighted by atomic mass is 79.9. The van der Waals surface area contributed by atoms with Crippen molar-refractivity contribution in [1.29, 1.82) is 0 Å². The highest BCUT2D eigenvalue weighted by molar-refractivity contribution is 9.10. The molecule has 1 unspecified atom stereocenters. The molecule has 0 aliphatic rings. The Bertz CT molecular complexity index is 309. The fraction of sp³-hybridized carbons (Fsp3) is 0.500.